The molecule has 4 rings (SSSR count). The maximum atomic E-state index is 11.1. The van der Waals surface area contributed by atoms with Crippen LogP contribution in [0.4, 0.5) is 0 Å². The average Bonchev–Trinajstić information content (AvgIpc) is 3.25. The zero-order valence-electron chi connectivity index (χ0n) is 37.3. The first-order valence-corrected chi connectivity index (χ1v) is 26.2. The topological polar surface area (TPSA) is 168 Å². The van der Waals surface area contributed by atoms with E-state index >= 15 is 0 Å². The van der Waals surface area contributed by atoms with Crippen LogP contribution in [0.25, 0.3) is 0 Å². The van der Waals surface area contributed by atoms with Gasteiger partial charge in [-0.25, -0.2) is 0 Å². The van der Waals surface area contributed by atoms with Gasteiger partial charge in [-0.05, 0) is 158 Å². The number of unbranched alkanes of at least 4 members (excludes halogenated alkanes) is 6. The molecule has 0 aliphatic rings. The molecule has 0 spiro atoms. The van der Waals surface area contributed by atoms with Gasteiger partial charge in [0.2, 0.25) is 0 Å². The fraction of sp³-hybridized carbons (Fsp3) is 0.396. The summed E-state index contributed by atoms with van der Waals surface area (Å²) < 4.78 is 17.0. The summed E-state index contributed by atoms with van der Waals surface area (Å²) in [5.41, 5.74) is 4.99. The lowest BCUT2D eigenvalue weighted by atomic mass is 9.97. The van der Waals surface area contributed by atoms with Gasteiger partial charge in [-0.2, -0.15) is 0 Å². The van der Waals surface area contributed by atoms with Crippen LogP contribution < -0.4 is 9.47 Å². The number of aryl methyl sites for hydroxylation is 2. The minimum Gasteiger partial charge on any atom is -0.493 e. The number of halogens is 5. The molecule has 0 radical (unpaired) electrons. The van der Waals surface area contributed by atoms with Gasteiger partial charge in [0.15, 0.2) is 0 Å². The Morgan fingerprint density at radius 2 is 0.941 bits per heavy atom. The second-order valence-corrected chi connectivity index (χ2v) is 20.0. The third-order valence-corrected chi connectivity index (χ3v) is 12.1. The smallest absolute Gasteiger partial charge is 0.303 e. The van der Waals surface area contributed by atoms with Crippen LogP contribution in [0.5, 0.6) is 11.5 Å². The van der Waals surface area contributed by atoms with Crippen LogP contribution in [0.1, 0.15) is 125 Å². The molecule has 68 heavy (non-hydrogen) atoms. The lowest BCUT2D eigenvalue weighted by Crippen LogP contribution is -2.07. The van der Waals surface area contributed by atoms with Crippen molar-refractivity contribution in [2.75, 3.05) is 13.2 Å². The van der Waals surface area contributed by atoms with Crippen molar-refractivity contribution in [3.63, 3.8) is 0 Å². The maximum absolute atomic E-state index is 11.1. The number of hydrogen-bond donors (Lipinski definition) is 4. The lowest BCUT2D eigenvalue weighted by molar-refractivity contribution is -0.138. The number of aliphatic carboxylic acids is 4. The Balaban J connectivity index is 0.000000580. The summed E-state index contributed by atoms with van der Waals surface area (Å²) in [6.45, 7) is 0.598. The second-order valence-electron chi connectivity index (χ2n) is 15.1. The quantitative estimate of drug-likeness (QED) is 0.0270. The number of carboxylic acids is 4. The summed E-state index contributed by atoms with van der Waals surface area (Å²) >= 11 is 16.0. The predicted octanol–water partition coefficient (Wildman–Crippen LogP) is 14.8. The van der Waals surface area contributed by atoms with E-state index in [9.17, 15) is 19.2 Å². The summed E-state index contributed by atoms with van der Waals surface area (Å²) in [5.74, 6) is 6.96. The van der Waals surface area contributed by atoms with Crippen LogP contribution in [-0.2, 0) is 44.9 Å². The number of ether oxygens (including phenoxy) is 2. The molecule has 0 saturated heterocycles. The molecule has 0 bridgehead atoms. The Kier molecular flexibility index (Phi) is 33.8. The van der Waals surface area contributed by atoms with Gasteiger partial charge >= 0.3 is 23.9 Å². The maximum Gasteiger partial charge on any atom is 0.303 e. The Hall–Kier alpha value is -3.87. The van der Waals surface area contributed by atoms with E-state index in [4.69, 9.17) is 36.3 Å². The van der Waals surface area contributed by atoms with E-state index in [1.807, 2.05) is 60.7 Å². The van der Waals surface area contributed by atoms with Gasteiger partial charge in [-0.3, -0.25) is 19.2 Å². The first-order chi connectivity index (χ1) is 32.1. The van der Waals surface area contributed by atoms with Crippen molar-refractivity contribution in [3.8, 4) is 35.7 Å². The Labute approximate surface area is 449 Å². The van der Waals surface area contributed by atoms with Gasteiger partial charge < -0.3 is 29.9 Å². The predicted molar refractivity (Wildman–Crippen MR) is 293 cm³/mol. The molecule has 10 nitrogen and oxygen atoms in total. The Bertz CT molecular complexity index is 2230. The van der Waals surface area contributed by atoms with Crippen molar-refractivity contribution in [3.05, 3.63) is 122 Å². The standard InChI is InChI=1S/C26H28Br2O5.C20H26O5.C6H3Br2I.CH4/c27-21-16-19(17-22(28)18-21)8-4-2-1-3-5-9-20-10-6-11-24(23(20)13-14-26(31)32)33-15-7-12-25(29)30;1-2-3-4-5-6-9-16-10-7-11-18(17(16)13-14-20(23)24)25-15-8-12-19(21)22;7-4-1-5(8)3-6(9)2-4;/h6,10-11,16-18H,1-3,5,7,9,12-15H2,(H,29,30)(H,31,32);1,7,10-11H,3-6,8-9,12-15H2,(H,21,22)(H,23,24);1-3H;1H4. The van der Waals surface area contributed by atoms with Gasteiger partial charge in [0.1, 0.15) is 11.5 Å². The molecule has 4 aromatic carbocycles. The number of terminal acetylenes is 1. The number of benzene rings is 4. The van der Waals surface area contributed by atoms with Crippen molar-refractivity contribution < 1.29 is 49.1 Å². The summed E-state index contributed by atoms with van der Waals surface area (Å²) in [6.07, 6.45) is 16.4. The number of carboxylic acid groups (broad SMARTS) is 4. The number of rotatable bonds is 26. The second kappa shape index (κ2) is 37.0. The van der Waals surface area contributed by atoms with Gasteiger partial charge in [-0.1, -0.05) is 120 Å². The molecule has 0 fully saturated rings. The molecular formula is C53H61Br4IO10. The van der Waals surface area contributed by atoms with Crippen molar-refractivity contribution in [2.45, 2.75) is 123 Å². The van der Waals surface area contributed by atoms with E-state index in [0.717, 1.165) is 110 Å². The normalized spacial score (nSPS) is 10.1. The van der Waals surface area contributed by atoms with Crippen LogP contribution in [-0.4, -0.2) is 57.5 Å². The van der Waals surface area contributed by atoms with Crippen molar-refractivity contribution in [2.24, 2.45) is 0 Å². The molecule has 0 unspecified atom stereocenters. The van der Waals surface area contributed by atoms with E-state index in [2.05, 4.69) is 116 Å². The highest BCUT2D eigenvalue weighted by Crippen LogP contribution is 2.28. The molecule has 0 aromatic heterocycles. The van der Waals surface area contributed by atoms with E-state index in [1.165, 1.54) is 3.57 Å². The highest BCUT2D eigenvalue weighted by atomic mass is 127. The molecule has 0 heterocycles. The molecule has 0 atom stereocenters. The summed E-state index contributed by atoms with van der Waals surface area (Å²) in [7, 11) is 0. The fourth-order valence-corrected chi connectivity index (χ4v) is 10.7. The molecule has 0 saturated carbocycles. The van der Waals surface area contributed by atoms with Crippen LogP contribution in [0.15, 0.2) is 90.7 Å². The van der Waals surface area contributed by atoms with Crippen LogP contribution >= 0.6 is 86.3 Å². The number of carbonyl (C=O) groups is 4. The molecule has 0 amide bonds. The minimum atomic E-state index is -0.854. The summed E-state index contributed by atoms with van der Waals surface area (Å²) in [5, 5.41) is 35.6. The van der Waals surface area contributed by atoms with Crippen LogP contribution in [0.3, 0.4) is 0 Å². The van der Waals surface area contributed by atoms with E-state index < -0.39 is 23.9 Å². The third-order valence-electron chi connectivity index (χ3n) is 9.66. The average molecular weight is 1300 g/mol. The first-order valence-electron chi connectivity index (χ1n) is 21.9. The highest BCUT2D eigenvalue weighted by Gasteiger charge is 2.14. The highest BCUT2D eigenvalue weighted by molar-refractivity contribution is 14.1. The van der Waals surface area contributed by atoms with Crippen molar-refractivity contribution in [1.82, 2.24) is 0 Å². The summed E-state index contributed by atoms with van der Waals surface area (Å²) in [4.78, 5) is 43.3. The molecule has 4 aromatic rings. The van der Waals surface area contributed by atoms with Gasteiger partial charge in [0.25, 0.3) is 0 Å². The SMILES string of the molecule is Brc1cc(Br)cc(I)c1.C.C#CCCCCCc1cccc(OCCCC(=O)O)c1CCC(=O)O.O=C(O)CCCOc1cccc(CCCCCC#Cc2cc(Br)cc(Br)c2)c1CCC(=O)O. The van der Waals surface area contributed by atoms with Crippen molar-refractivity contribution in [1.29, 1.82) is 0 Å². The van der Waals surface area contributed by atoms with E-state index in [1.54, 1.807) is 0 Å². The third kappa shape index (κ3) is 29.2. The summed E-state index contributed by atoms with van der Waals surface area (Å²) in [6, 6.07) is 23.6. The molecule has 4 N–H and O–H groups in total. The minimum absolute atomic E-state index is 0. The lowest BCUT2D eigenvalue weighted by Gasteiger charge is -2.15. The van der Waals surface area contributed by atoms with Crippen molar-refractivity contribution >= 4 is 110 Å². The number of hydrogen-bond acceptors (Lipinski definition) is 6. The zero-order valence-corrected chi connectivity index (χ0v) is 45.8. The molecule has 0 aliphatic carbocycles. The largest absolute Gasteiger partial charge is 0.493 e. The van der Waals surface area contributed by atoms with E-state index in [0.29, 0.717) is 50.4 Å². The van der Waals surface area contributed by atoms with Crippen LogP contribution in [0.2, 0.25) is 0 Å². The fourth-order valence-electron chi connectivity index (χ4n) is 6.54. The molecule has 15 heteroatoms. The van der Waals surface area contributed by atoms with Gasteiger partial charge in [0.05, 0.1) is 13.2 Å². The molecular weight excluding hydrogens is 1240 g/mol. The monoisotopic (exact) mass is 1300 g/mol. The van der Waals surface area contributed by atoms with Gasteiger partial charge in [-0.15, -0.1) is 12.3 Å². The zero-order chi connectivity index (χ0) is 49.4. The Morgan fingerprint density at radius 3 is 1.34 bits per heavy atom. The van der Waals surface area contributed by atoms with Crippen LogP contribution in [0, 0.1) is 27.8 Å². The molecule has 0 aliphatic heterocycles. The van der Waals surface area contributed by atoms with E-state index in [-0.39, 0.29) is 33.1 Å². The van der Waals surface area contributed by atoms with Gasteiger partial charge in [0, 0.05) is 65.5 Å². The molecule has 368 valence electrons. The first kappa shape index (κ1) is 62.1. The Morgan fingerprint density at radius 1 is 0.529 bits per heavy atom.